The molecule has 1 aliphatic carbocycles. The molecule has 6 rings (SSSR count). The Morgan fingerprint density at radius 3 is 2.37 bits per heavy atom. The summed E-state index contributed by atoms with van der Waals surface area (Å²) >= 11 is 5.65. The third kappa shape index (κ3) is 6.05. The van der Waals surface area contributed by atoms with Crippen molar-refractivity contribution >= 4 is 40.5 Å². The van der Waals surface area contributed by atoms with Gasteiger partial charge >= 0.3 is 0 Å². The standard InChI is InChI=1S/C31H40N6O3S/c1-34-15-13-31(14-16-34,29(39)32-24-7-9-25(10-8-24)35-17-19-40-20-18-35)37(26-11-12-26)28(38)22-36-21-27(33-30(36)41)23-5-3-2-4-6-23/h2-10,26-27H,11-22H2,1H3,(H,32,39)(H,33,41)/t27-/m1/s1. The van der Waals surface area contributed by atoms with Crippen LogP contribution in [0.3, 0.4) is 0 Å². The lowest BCUT2D eigenvalue weighted by Crippen LogP contribution is -2.65. The van der Waals surface area contributed by atoms with Gasteiger partial charge in [-0.25, -0.2) is 0 Å². The van der Waals surface area contributed by atoms with Crippen molar-refractivity contribution in [3.05, 3.63) is 60.2 Å². The highest BCUT2D eigenvalue weighted by Gasteiger charge is 2.53. The number of ether oxygens (including phenoxy) is 1. The van der Waals surface area contributed by atoms with Crippen molar-refractivity contribution in [3.8, 4) is 0 Å². The number of carbonyl (C=O) groups excluding carboxylic acids is 2. The summed E-state index contributed by atoms with van der Waals surface area (Å²) in [5.74, 6) is -0.109. The fourth-order valence-corrected chi connectivity index (χ4v) is 6.64. The first-order valence-corrected chi connectivity index (χ1v) is 15.2. The molecule has 0 aromatic heterocycles. The van der Waals surface area contributed by atoms with Crippen LogP contribution in [0.1, 0.15) is 37.3 Å². The summed E-state index contributed by atoms with van der Waals surface area (Å²) in [6.45, 7) is 5.51. The number of rotatable bonds is 8. The lowest BCUT2D eigenvalue weighted by molar-refractivity contribution is -0.149. The number of hydrogen-bond acceptors (Lipinski definition) is 6. The van der Waals surface area contributed by atoms with Gasteiger partial charge in [0.05, 0.1) is 25.8 Å². The molecule has 10 heteroatoms. The van der Waals surface area contributed by atoms with E-state index in [1.54, 1.807) is 0 Å². The smallest absolute Gasteiger partial charge is 0.250 e. The van der Waals surface area contributed by atoms with E-state index in [4.69, 9.17) is 17.0 Å². The second-order valence-electron chi connectivity index (χ2n) is 11.7. The molecule has 0 radical (unpaired) electrons. The highest BCUT2D eigenvalue weighted by atomic mass is 32.1. The molecule has 0 spiro atoms. The molecular formula is C31H40N6O3S. The second kappa shape index (κ2) is 12.0. The normalized spacial score (nSPS) is 22.8. The van der Waals surface area contributed by atoms with Crippen molar-refractivity contribution in [3.63, 3.8) is 0 Å². The van der Waals surface area contributed by atoms with E-state index in [0.717, 1.165) is 69.2 Å². The molecule has 41 heavy (non-hydrogen) atoms. The van der Waals surface area contributed by atoms with Gasteiger partial charge in [0.25, 0.3) is 0 Å². The van der Waals surface area contributed by atoms with Crippen molar-refractivity contribution in [2.45, 2.75) is 43.3 Å². The maximum atomic E-state index is 14.2. The van der Waals surface area contributed by atoms with Gasteiger partial charge in [-0.2, -0.15) is 0 Å². The summed E-state index contributed by atoms with van der Waals surface area (Å²) in [4.78, 5) is 36.7. The van der Waals surface area contributed by atoms with Gasteiger partial charge in [-0.3, -0.25) is 9.59 Å². The fourth-order valence-electron chi connectivity index (χ4n) is 6.35. The van der Waals surface area contributed by atoms with Crippen LogP contribution >= 0.6 is 12.2 Å². The topological polar surface area (TPSA) is 80.4 Å². The zero-order valence-electron chi connectivity index (χ0n) is 23.8. The molecule has 4 aliphatic rings. The quantitative estimate of drug-likeness (QED) is 0.465. The number of thiocarbonyl (C=S) groups is 1. The maximum Gasteiger partial charge on any atom is 0.250 e. The molecule has 2 aromatic carbocycles. The number of benzene rings is 2. The summed E-state index contributed by atoms with van der Waals surface area (Å²) in [5, 5.41) is 7.17. The third-order valence-electron chi connectivity index (χ3n) is 8.90. The third-order valence-corrected chi connectivity index (χ3v) is 9.27. The summed E-state index contributed by atoms with van der Waals surface area (Å²) in [6.07, 6.45) is 3.08. The lowest BCUT2D eigenvalue weighted by atomic mass is 9.84. The number of nitrogens with zero attached hydrogens (tertiary/aromatic N) is 4. The number of likely N-dealkylation sites (tertiary alicyclic amines) is 1. The molecule has 2 aromatic rings. The molecule has 3 saturated heterocycles. The van der Waals surface area contributed by atoms with Crippen LogP contribution in [0.5, 0.6) is 0 Å². The summed E-state index contributed by atoms with van der Waals surface area (Å²) < 4.78 is 5.47. The minimum atomic E-state index is -0.888. The van der Waals surface area contributed by atoms with Gasteiger partial charge in [0.2, 0.25) is 11.8 Å². The van der Waals surface area contributed by atoms with Crippen LogP contribution < -0.4 is 15.5 Å². The summed E-state index contributed by atoms with van der Waals surface area (Å²) in [5.41, 5.74) is 2.14. The number of morpholine rings is 1. The molecule has 3 heterocycles. The lowest BCUT2D eigenvalue weighted by Gasteiger charge is -2.47. The number of nitrogens with one attached hydrogen (secondary N) is 2. The number of hydrogen-bond donors (Lipinski definition) is 2. The van der Waals surface area contributed by atoms with Crippen LogP contribution in [-0.4, -0.2) is 103 Å². The Bertz CT molecular complexity index is 1240. The van der Waals surface area contributed by atoms with E-state index in [0.29, 0.717) is 24.5 Å². The maximum absolute atomic E-state index is 14.2. The van der Waals surface area contributed by atoms with E-state index in [9.17, 15) is 9.59 Å². The first-order valence-electron chi connectivity index (χ1n) is 14.8. The minimum absolute atomic E-state index is 0.0206. The summed E-state index contributed by atoms with van der Waals surface area (Å²) in [7, 11) is 2.08. The molecule has 218 valence electrons. The van der Waals surface area contributed by atoms with Gasteiger partial charge < -0.3 is 35.0 Å². The Labute approximate surface area is 247 Å². The Hall–Kier alpha value is -3.21. The zero-order valence-corrected chi connectivity index (χ0v) is 24.6. The van der Waals surface area contributed by atoms with E-state index in [1.807, 2.05) is 40.1 Å². The van der Waals surface area contributed by atoms with E-state index < -0.39 is 5.54 Å². The Balaban J connectivity index is 1.19. The largest absolute Gasteiger partial charge is 0.378 e. The van der Waals surface area contributed by atoms with Gasteiger partial charge in [0, 0.05) is 50.1 Å². The zero-order chi connectivity index (χ0) is 28.4. The van der Waals surface area contributed by atoms with Crippen LogP contribution in [0.2, 0.25) is 0 Å². The molecular weight excluding hydrogens is 536 g/mol. The van der Waals surface area contributed by atoms with Crippen LogP contribution in [0.4, 0.5) is 11.4 Å². The minimum Gasteiger partial charge on any atom is -0.378 e. The average Bonchev–Trinajstić information content (AvgIpc) is 3.77. The van der Waals surface area contributed by atoms with Crippen LogP contribution in [0.15, 0.2) is 54.6 Å². The van der Waals surface area contributed by atoms with Crippen molar-refractivity contribution in [2.75, 3.05) is 69.7 Å². The van der Waals surface area contributed by atoms with Crippen LogP contribution in [-0.2, 0) is 14.3 Å². The number of piperidine rings is 1. The van der Waals surface area contributed by atoms with Crippen LogP contribution in [0.25, 0.3) is 0 Å². The molecule has 3 aliphatic heterocycles. The number of carbonyl (C=O) groups is 2. The molecule has 9 nitrogen and oxygen atoms in total. The highest BCUT2D eigenvalue weighted by molar-refractivity contribution is 7.80. The van der Waals surface area contributed by atoms with Crippen molar-refractivity contribution in [1.29, 1.82) is 0 Å². The van der Waals surface area contributed by atoms with Crippen molar-refractivity contribution in [2.24, 2.45) is 0 Å². The molecule has 1 saturated carbocycles. The van der Waals surface area contributed by atoms with Gasteiger partial charge in [0.15, 0.2) is 5.11 Å². The Kier molecular flexibility index (Phi) is 8.14. The predicted octanol–water partition coefficient (Wildman–Crippen LogP) is 2.85. The van der Waals surface area contributed by atoms with Gasteiger partial charge in [0.1, 0.15) is 5.54 Å². The van der Waals surface area contributed by atoms with E-state index in [2.05, 4.69) is 51.7 Å². The highest BCUT2D eigenvalue weighted by Crippen LogP contribution is 2.40. The first-order chi connectivity index (χ1) is 19.9. The Morgan fingerprint density at radius 1 is 1.02 bits per heavy atom. The Morgan fingerprint density at radius 2 is 1.71 bits per heavy atom. The molecule has 1 atom stereocenters. The van der Waals surface area contributed by atoms with E-state index in [1.165, 1.54) is 0 Å². The van der Waals surface area contributed by atoms with Crippen molar-refractivity contribution < 1.29 is 14.3 Å². The van der Waals surface area contributed by atoms with E-state index in [-0.39, 0.29) is 30.4 Å². The molecule has 2 N–H and O–H groups in total. The predicted molar refractivity (Wildman–Crippen MR) is 164 cm³/mol. The monoisotopic (exact) mass is 576 g/mol. The van der Waals surface area contributed by atoms with E-state index >= 15 is 0 Å². The molecule has 2 amide bonds. The SMILES string of the molecule is CN1CCC(C(=O)Nc2ccc(N3CCOCC3)cc2)(N(C(=O)CN2C[C@H](c3ccccc3)NC2=S)C2CC2)CC1. The van der Waals surface area contributed by atoms with Crippen LogP contribution in [0, 0.1) is 0 Å². The van der Waals surface area contributed by atoms with Gasteiger partial charge in [-0.1, -0.05) is 30.3 Å². The van der Waals surface area contributed by atoms with Crippen molar-refractivity contribution in [1.82, 2.24) is 20.0 Å². The van der Waals surface area contributed by atoms with Gasteiger partial charge in [-0.05, 0) is 74.8 Å². The fraction of sp³-hybridized carbons (Fsp3) is 0.516. The molecule has 0 unspecified atom stereocenters. The second-order valence-corrected chi connectivity index (χ2v) is 12.1. The van der Waals surface area contributed by atoms with Gasteiger partial charge in [-0.15, -0.1) is 0 Å². The average molecular weight is 577 g/mol. The molecule has 4 fully saturated rings. The number of anilines is 2. The number of amides is 2. The summed E-state index contributed by atoms with van der Waals surface area (Å²) in [6, 6.07) is 18.4. The first kappa shape index (κ1) is 27.9. The molecule has 0 bridgehead atoms.